The van der Waals surface area contributed by atoms with Gasteiger partial charge in [-0.25, -0.2) is 0 Å². The summed E-state index contributed by atoms with van der Waals surface area (Å²) in [7, 11) is 0. The van der Waals surface area contributed by atoms with Crippen molar-refractivity contribution in [3.05, 3.63) is 35.9 Å². The summed E-state index contributed by atoms with van der Waals surface area (Å²) in [4.78, 5) is 2.28. The first-order chi connectivity index (χ1) is 9.28. The highest BCUT2D eigenvalue weighted by Gasteiger charge is 2.25. The Bertz CT molecular complexity index is 381. The van der Waals surface area contributed by atoms with Crippen LogP contribution >= 0.6 is 0 Å². The first kappa shape index (κ1) is 15.7. The minimum Gasteiger partial charge on any atom is -0.395 e. The van der Waals surface area contributed by atoms with Crippen molar-refractivity contribution >= 4 is 0 Å². The van der Waals surface area contributed by atoms with E-state index in [0.717, 1.165) is 18.4 Å². The second-order valence-electron chi connectivity index (χ2n) is 4.72. The molecule has 1 aromatic carbocycles. The first-order valence-electron chi connectivity index (χ1n) is 7.06. The summed E-state index contributed by atoms with van der Waals surface area (Å²) in [5.74, 6) is 0. The van der Waals surface area contributed by atoms with E-state index >= 15 is 0 Å². The lowest BCUT2D eigenvalue weighted by Crippen LogP contribution is -2.39. The maximum Gasteiger partial charge on any atom is 0.0641 e. The fourth-order valence-corrected chi connectivity index (χ4v) is 2.65. The van der Waals surface area contributed by atoms with Gasteiger partial charge in [-0.05, 0) is 18.4 Å². The normalized spacial score (nSPS) is 12.6. The van der Waals surface area contributed by atoms with Crippen molar-refractivity contribution in [2.45, 2.75) is 45.2 Å². The second kappa shape index (κ2) is 8.68. The molecular formula is C16H24N2O. The summed E-state index contributed by atoms with van der Waals surface area (Å²) < 4.78 is 0. The summed E-state index contributed by atoms with van der Waals surface area (Å²) in [6.07, 6.45) is 2.52. The Morgan fingerprint density at radius 1 is 1.21 bits per heavy atom. The average Bonchev–Trinajstić information content (AvgIpc) is 2.46. The summed E-state index contributed by atoms with van der Waals surface area (Å²) in [6, 6.07) is 12.9. The topological polar surface area (TPSA) is 47.3 Å². The Morgan fingerprint density at radius 3 is 2.32 bits per heavy atom. The lowest BCUT2D eigenvalue weighted by Gasteiger charge is -2.36. The van der Waals surface area contributed by atoms with Crippen LogP contribution in [0.2, 0.25) is 0 Å². The third kappa shape index (κ3) is 4.34. The van der Waals surface area contributed by atoms with Gasteiger partial charge in [-0.2, -0.15) is 5.26 Å². The molecule has 0 aliphatic heterocycles. The molecule has 104 valence electrons. The van der Waals surface area contributed by atoms with Crippen molar-refractivity contribution in [3.8, 4) is 6.07 Å². The number of aliphatic hydroxyl groups excluding tert-OH is 1. The minimum absolute atomic E-state index is 0.0725. The number of nitrogens with zero attached hydrogens (tertiary/aromatic N) is 2. The van der Waals surface area contributed by atoms with Crippen molar-refractivity contribution in [1.82, 2.24) is 4.90 Å². The average molecular weight is 260 g/mol. The van der Waals surface area contributed by atoms with Crippen LogP contribution in [0.3, 0.4) is 0 Å². The number of hydrogen-bond donors (Lipinski definition) is 1. The lowest BCUT2D eigenvalue weighted by atomic mass is 9.98. The largest absolute Gasteiger partial charge is 0.395 e. The van der Waals surface area contributed by atoms with E-state index < -0.39 is 0 Å². The lowest BCUT2D eigenvalue weighted by molar-refractivity contribution is 0.0977. The van der Waals surface area contributed by atoms with Gasteiger partial charge < -0.3 is 5.11 Å². The fraction of sp³-hybridized carbons (Fsp3) is 0.562. The molecule has 0 spiro atoms. The Morgan fingerprint density at radius 2 is 1.84 bits per heavy atom. The molecule has 0 aliphatic rings. The van der Waals surface area contributed by atoms with Crippen molar-refractivity contribution in [2.24, 2.45) is 0 Å². The Balaban J connectivity index is 3.02. The van der Waals surface area contributed by atoms with Crippen LogP contribution in [-0.4, -0.2) is 29.2 Å². The second-order valence-corrected chi connectivity index (χ2v) is 4.72. The van der Waals surface area contributed by atoms with Crippen LogP contribution < -0.4 is 0 Å². The van der Waals surface area contributed by atoms with E-state index in [-0.39, 0.29) is 12.6 Å². The zero-order valence-electron chi connectivity index (χ0n) is 11.9. The molecule has 0 fully saturated rings. The zero-order valence-corrected chi connectivity index (χ0v) is 11.9. The van der Waals surface area contributed by atoms with Crippen LogP contribution in [-0.2, 0) is 0 Å². The molecule has 1 aromatic rings. The molecule has 0 saturated carbocycles. The number of hydrogen-bond acceptors (Lipinski definition) is 3. The van der Waals surface area contributed by atoms with Gasteiger partial charge in [0.25, 0.3) is 0 Å². The van der Waals surface area contributed by atoms with E-state index in [1.165, 1.54) is 0 Å². The number of nitriles is 1. The molecule has 1 atom stereocenters. The molecule has 0 saturated heterocycles. The summed E-state index contributed by atoms with van der Waals surface area (Å²) >= 11 is 0. The molecule has 0 radical (unpaired) electrons. The molecule has 1 unspecified atom stereocenters. The number of benzene rings is 1. The van der Waals surface area contributed by atoms with Crippen LogP contribution in [0.15, 0.2) is 30.3 Å². The van der Waals surface area contributed by atoms with Gasteiger partial charge in [0.2, 0.25) is 0 Å². The van der Waals surface area contributed by atoms with E-state index in [9.17, 15) is 5.11 Å². The van der Waals surface area contributed by atoms with Gasteiger partial charge in [-0.3, -0.25) is 4.90 Å². The molecule has 0 aliphatic carbocycles. The van der Waals surface area contributed by atoms with Crippen LogP contribution in [0.5, 0.6) is 0 Å². The van der Waals surface area contributed by atoms with E-state index in [4.69, 9.17) is 5.26 Å². The van der Waals surface area contributed by atoms with Crippen LogP contribution in [0.4, 0.5) is 0 Å². The van der Waals surface area contributed by atoms with Gasteiger partial charge in [0.1, 0.15) is 0 Å². The van der Waals surface area contributed by atoms with Gasteiger partial charge in [-0.15, -0.1) is 0 Å². The van der Waals surface area contributed by atoms with E-state index in [2.05, 4.69) is 36.9 Å². The maximum absolute atomic E-state index is 9.32. The highest BCUT2D eigenvalue weighted by atomic mass is 16.3. The molecular weight excluding hydrogens is 236 g/mol. The molecule has 1 rings (SSSR count). The SMILES string of the molecule is CCC(CC)N(CCO)C(CC#N)c1ccccc1. The van der Waals surface area contributed by atoms with E-state index in [1.54, 1.807) is 0 Å². The Labute approximate surface area is 116 Å². The summed E-state index contributed by atoms with van der Waals surface area (Å²) in [5.41, 5.74) is 1.16. The number of aliphatic hydroxyl groups is 1. The van der Waals surface area contributed by atoms with Crippen molar-refractivity contribution < 1.29 is 5.11 Å². The van der Waals surface area contributed by atoms with Crippen molar-refractivity contribution in [3.63, 3.8) is 0 Å². The van der Waals surface area contributed by atoms with Crippen LogP contribution in [0.1, 0.15) is 44.7 Å². The maximum atomic E-state index is 9.32. The molecule has 0 aromatic heterocycles. The highest BCUT2D eigenvalue weighted by Crippen LogP contribution is 2.27. The molecule has 3 nitrogen and oxygen atoms in total. The van der Waals surface area contributed by atoms with Gasteiger partial charge in [0.05, 0.1) is 19.1 Å². The third-order valence-electron chi connectivity index (χ3n) is 3.64. The zero-order chi connectivity index (χ0) is 14.1. The third-order valence-corrected chi connectivity index (χ3v) is 3.64. The molecule has 3 heteroatoms. The minimum atomic E-state index is 0.0725. The van der Waals surface area contributed by atoms with Crippen LogP contribution in [0, 0.1) is 11.3 Å². The predicted molar refractivity (Wildman–Crippen MR) is 77.6 cm³/mol. The Kier molecular flexibility index (Phi) is 7.17. The van der Waals surface area contributed by atoms with E-state index in [0.29, 0.717) is 19.0 Å². The quantitative estimate of drug-likeness (QED) is 0.781. The van der Waals surface area contributed by atoms with Gasteiger partial charge in [0.15, 0.2) is 0 Å². The highest BCUT2D eigenvalue weighted by molar-refractivity contribution is 5.20. The van der Waals surface area contributed by atoms with Gasteiger partial charge in [-0.1, -0.05) is 44.2 Å². The van der Waals surface area contributed by atoms with Crippen molar-refractivity contribution in [1.29, 1.82) is 5.26 Å². The smallest absolute Gasteiger partial charge is 0.0641 e. The van der Waals surface area contributed by atoms with Gasteiger partial charge in [0, 0.05) is 18.6 Å². The molecule has 0 heterocycles. The molecule has 1 N–H and O–H groups in total. The molecule has 0 bridgehead atoms. The van der Waals surface area contributed by atoms with E-state index in [1.807, 2.05) is 18.2 Å². The summed E-state index contributed by atoms with van der Waals surface area (Å²) in [6.45, 7) is 5.07. The Hall–Kier alpha value is -1.37. The molecule has 0 amide bonds. The van der Waals surface area contributed by atoms with Crippen molar-refractivity contribution in [2.75, 3.05) is 13.2 Å². The van der Waals surface area contributed by atoms with Crippen LogP contribution in [0.25, 0.3) is 0 Å². The number of rotatable bonds is 8. The fourth-order valence-electron chi connectivity index (χ4n) is 2.65. The van der Waals surface area contributed by atoms with Gasteiger partial charge >= 0.3 is 0 Å². The monoisotopic (exact) mass is 260 g/mol. The predicted octanol–water partition coefficient (Wildman–Crippen LogP) is 3.12. The first-order valence-corrected chi connectivity index (χ1v) is 7.06. The molecule has 19 heavy (non-hydrogen) atoms. The summed E-state index contributed by atoms with van der Waals surface area (Å²) in [5, 5.41) is 18.4. The standard InChI is InChI=1S/C16H24N2O/c1-3-15(4-2)18(12-13-19)16(10-11-17)14-8-6-5-7-9-14/h5-9,15-16,19H,3-4,10,12-13H2,1-2H3.